The molecule has 1 unspecified atom stereocenters. The fourth-order valence-corrected chi connectivity index (χ4v) is 3.25. The van der Waals surface area contributed by atoms with Crippen molar-refractivity contribution in [3.8, 4) is 0 Å². The molecule has 2 N–H and O–H groups in total. The molecule has 1 heterocycles. The first-order valence-electron chi connectivity index (χ1n) is 6.67. The maximum atomic E-state index is 4.26. The minimum absolute atomic E-state index is 0. The van der Waals surface area contributed by atoms with E-state index in [4.69, 9.17) is 0 Å². The number of nitrogens with zero attached hydrogens (tertiary/aromatic N) is 1. The summed E-state index contributed by atoms with van der Waals surface area (Å²) >= 11 is 3.75. The van der Waals surface area contributed by atoms with Gasteiger partial charge in [0.25, 0.3) is 0 Å². The Bertz CT molecular complexity index is 394. The monoisotopic (exact) mass is 427 g/mol. The number of hydrogen-bond acceptors (Lipinski definition) is 3. The molecule has 0 amide bonds. The van der Waals surface area contributed by atoms with Crippen LogP contribution < -0.4 is 10.6 Å². The molecule has 1 aromatic rings. The fraction of sp³-hybridized carbons (Fsp3) is 0.643. The number of thioether (sulfide) groups is 1. The predicted molar refractivity (Wildman–Crippen MR) is 105 cm³/mol. The van der Waals surface area contributed by atoms with Gasteiger partial charge in [-0.25, -0.2) is 0 Å². The second kappa shape index (κ2) is 11.7. The number of nitrogens with one attached hydrogen (secondary N) is 2. The smallest absolute Gasteiger partial charge is 0.191 e. The van der Waals surface area contributed by atoms with E-state index >= 15 is 0 Å². The van der Waals surface area contributed by atoms with Crippen LogP contribution in [0, 0.1) is 6.92 Å². The van der Waals surface area contributed by atoms with Crippen LogP contribution in [-0.4, -0.2) is 37.6 Å². The molecule has 0 aliphatic carbocycles. The largest absolute Gasteiger partial charge is 0.356 e. The molecule has 20 heavy (non-hydrogen) atoms. The highest BCUT2D eigenvalue weighted by Crippen LogP contribution is 2.16. The van der Waals surface area contributed by atoms with Crippen LogP contribution in [0.5, 0.6) is 0 Å². The second-order valence-corrected chi connectivity index (χ2v) is 6.97. The first kappa shape index (κ1) is 20.1. The Hall–Kier alpha value is 0.0500. The van der Waals surface area contributed by atoms with Crippen LogP contribution in [0.3, 0.4) is 0 Å². The number of hydrogen-bond donors (Lipinski definition) is 2. The van der Waals surface area contributed by atoms with Gasteiger partial charge in [-0.1, -0.05) is 0 Å². The summed E-state index contributed by atoms with van der Waals surface area (Å²) in [5.41, 5.74) is 0. The first-order valence-corrected chi connectivity index (χ1v) is 8.88. The molecular weight excluding hydrogens is 401 g/mol. The number of halogens is 1. The minimum atomic E-state index is 0. The molecule has 1 atom stereocenters. The van der Waals surface area contributed by atoms with Gasteiger partial charge in [0.05, 0.1) is 0 Å². The Morgan fingerprint density at radius 3 is 2.75 bits per heavy atom. The van der Waals surface area contributed by atoms with E-state index in [2.05, 4.69) is 47.9 Å². The average molecular weight is 427 g/mol. The Balaban J connectivity index is 0.00000361. The van der Waals surface area contributed by atoms with Gasteiger partial charge in [-0.05, 0) is 44.4 Å². The Morgan fingerprint density at radius 2 is 2.20 bits per heavy atom. The van der Waals surface area contributed by atoms with E-state index in [1.165, 1.54) is 21.9 Å². The number of rotatable bonds is 7. The molecule has 0 aliphatic heterocycles. The van der Waals surface area contributed by atoms with Crippen LogP contribution in [0.15, 0.2) is 17.1 Å². The van der Waals surface area contributed by atoms with Gasteiger partial charge in [0.15, 0.2) is 5.96 Å². The lowest BCUT2D eigenvalue weighted by Crippen LogP contribution is -2.43. The van der Waals surface area contributed by atoms with E-state index in [0.29, 0.717) is 6.04 Å². The molecule has 0 aliphatic rings. The third-order valence-corrected chi connectivity index (χ3v) is 4.45. The zero-order valence-electron chi connectivity index (χ0n) is 12.7. The van der Waals surface area contributed by atoms with E-state index in [1.54, 1.807) is 0 Å². The molecule has 1 aromatic heterocycles. The number of aliphatic imine (C=N–C) groups is 1. The highest BCUT2D eigenvalue weighted by atomic mass is 127. The topological polar surface area (TPSA) is 36.4 Å². The summed E-state index contributed by atoms with van der Waals surface area (Å²) in [4.78, 5) is 7.07. The van der Waals surface area contributed by atoms with Crippen molar-refractivity contribution in [2.45, 2.75) is 32.7 Å². The third kappa shape index (κ3) is 8.36. The number of aryl methyl sites for hydroxylation is 1. The van der Waals surface area contributed by atoms with Gasteiger partial charge in [0.2, 0.25) is 0 Å². The van der Waals surface area contributed by atoms with Crippen molar-refractivity contribution in [1.29, 1.82) is 0 Å². The van der Waals surface area contributed by atoms with Gasteiger partial charge in [0.1, 0.15) is 0 Å². The van der Waals surface area contributed by atoms with Crippen LogP contribution in [-0.2, 0) is 6.42 Å². The molecule has 1 rings (SSSR count). The summed E-state index contributed by atoms with van der Waals surface area (Å²) in [6, 6.07) is 4.79. The molecule has 0 radical (unpaired) electrons. The fourth-order valence-electron chi connectivity index (χ4n) is 1.80. The van der Waals surface area contributed by atoms with Gasteiger partial charge in [-0.3, -0.25) is 4.99 Å². The van der Waals surface area contributed by atoms with Crippen LogP contribution in [0.25, 0.3) is 0 Å². The normalized spacial score (nSPS) is 12.7. The summed E-state index contributed by atoms with van der Waals surface area (Å²) in [6.45, 7) is 5.33. The van der Waals surface area contributed by atoms with Crippen molar-refractivity contribution in [3.05, 3.63) is 21.9 Å². The Labute approximate surface area is 148 Å². The molecule has 0 aromatic carbocycles. The predicted octanol–water partition coefficient (Wildman–Crippen LogP) is 3.52. The van der Waals surface area contributed by atoms with Crippen molar-refractivity contribution < 1.29 is 0 Å². The summed E-state index contributed by atoms with van der Waals surface area (Å²) in [5.74, 6) is 2.09. The Kier molecular flexibility index (Phi) is 11.7. The molecule has 0 fully saturated rings. The quantitative estimate of drug-likeness (QED) is 0.303. The van der Waals surface area contributed by atoms with Crippen LogP contribution in [0.4, 0.5) is 0 Å². The van der Waals surface area contributed by atoms with Gasteiger partial charge in [0, 0.05) is 35.8 Å². The van der Waals surface area contributed by atoms with Crippen molar-refractivity contribution in [2.24, 2.45) is 4.99 Å². The summed E-state index contributed by atoms with van der Waals surface area (Å²) < 4.78 is 0. The summed E-state index contributed by atoms with van der Waals surface area (Å²) in [5, 5.41) is 6.80. The second-order valence-electron chi connectivity index (χ2n) is 4.61. The van der Waals surface area contributed by atoms with E-state index < -0.39 is 0 Å². The minimum Gasteiger partial charge on any atom is -0.356 e. The average Bonchev–Trinajstić information content (AvgIpc) is 2.78. The van der Waals surface area contributed by atoms with Crippen molar-refractivity contribution in [2.75, 3.05) is 25.6 Å². The molecule has 3 nitrogen and oxygen atoms in total. The SMILES string of the molecule is CN=C(NCCCSC)NC(C)Cc1ccc(C)s1.I. The van der Waals surface area contributed by atoms with E-state index in [-0.39, 0.29) is 24.0 Å². The first-order chi connectivity index (χ1) is 9.15. The highest BCUT2D eigenvalue weighted by molar-refractivity contribution is 14.0. The summed E-state index contributed by atoms with van der Waals surface area (Å²) in [7, 11) is 1.83. The van der Waals surface area contributed by atoms with Crippen molar-refractivity contribution in [3.63, 3.8) is 0 Å². The standard InChI is InChI=1S/C14H25N3S2.HI/c1-11(10-13-7-6-12(2)19-13)17-14(15-3)16-8-5-9-18-4;/h6-7,11H,5,8-10H2,1-4H3,(H2,15,16,17);1H. The van der Waals surface area contributed by atoms with Crippen LogP contribution in [0.1, 0.15) is 23.1 Å². The Morgan fingerprint density at radius 1 is 1.45 bits per heavy atom. The van der Waals surface area contributed by atoms with Gasteiger partial charge in [-0.2, -0.15) is 11.8 Å². The van der Waals surface area contributed by atoms with Gasteiger partial charge < -0.3 is 10.6 Å². The molecular formula is C14H26IN3S2. The highest BCUT2D eigenvalue weighted by Gasteiger charge is 2.07. The third-order valence-electron chi connectivity index (χ3n) is 2.73. The molecule has 6 heteroatoms. The zero-order valence-corrected chi connectivity index (χ0v) is 16.7. The van der Waals surface area contributed by atoms with E-state index in [0.717, 1.165) is 18.9 Å². The lowest BCUT2D eigenvalue weighted by Gasteiger charge is -2.17. The molecule has 0 saturated heterocycles. The number of thiophene rings is 1. The van der Waals surface area contributed by atoms with Crippen LogP contribution in [0.2, 0.25) is 0 Å². The lowest BCUT2D eigenvalue weighted by molar-refractivity contribution is 0.644. The maximum absolute atomic E-state index is 4.26. The maximum Gasteiger partial charge on any atom is 0.191 e. The zero-order chi connectivity index (χ0) is 14.1. The molecule has 116 valence electrons. The molecule has 0 spiro atoms. The van der Waals surface area contributed by atoms with E-state index in [9.17, 15) is 0 Å². The molecule has 0 bridgehead atoms. The lowest BCUT2D eigenvalue weighted by atomic mass is 10.2. The number of guanidine groups is 1. The summed E-state index contributed by atoms with van der Waals surface area (Å²) in [6.07, 6.45) is 4.35. The van der Waals surface area contributed by atoms with Gasteiger partial charge >= 0.3 is 0 Å². The van der Waals surface area contributed by atoms with E-state index in [1.807, 2.05) is 30.1 Å². The van der Waals surface area contributed by atoms with Crippen LogP contribution >= 0.6 is 47.1 Å². The van der Waals surface area contributed by atoms with Gasteiger partial charge in [-0.15, -0.1) is 35.3 Å². The molecule has 0 saturated carbocycles. The van der Waals surface area contributed by atoms with Crippen molar-refractivity contribution in [1.82, 2.24) is 10.6 Å². The van der Waals surface area contributed by atoms with Crippen molar-refractivity contribution >= 4 is 53.0 Å².